The Morgan fingerprint density at radius 3 is 2.67 bits per heavy atom. The number of anilines is 1. The minimum Gasteiger partial charge on any atom is -0.379 e. The van der Waals surface area contributed by atoms with E-state index in [2.05, 4.69) is 39.6 Å². The van der Waals surface area contributed by atoms with Gasteiger partial charge < -0.3 is 9.88 Å². The van der Waals surface area contributed by atoms with Gasteiger partial charge >= 0.3 is 0 Å². The minimum atomic E-state index is 0.211. The molecule has 5 heteroatoms. The van der Waals surface area contributed by atoms with Crippen LogP contribution in [-0.4, -0.2) is 19.7 Å². The number of pyridine rings is 1. The number of aryl methyl sites for hydroxylation is 1. The quantitative estimate of drug-likeness (QED) is 0.797. The second kappa shape index (κ2) is 5.75. The summed E-state index contributed by atoms with van der Waals surface area (Å²) < 4.78 is 1.91. The fraction of sp³-hybridized carbons (Fsp3) is 0.188. The van der Waals surface area contributed by atoms with E-state index in [1.807, 2.05) is 48.3 Å². The molecule has 21 heavy (non-hydrogen) atoms. The molecule has 0 amide bonds. The van der Waals surface area contributed by atoms with Gasteiger partial charge in [-0.1, -0.05) is 12.1 Å². The summed E-state index contributed by atoms with van der Waals surface area (Å²) >= 11 is 0. The Kier molecular flexibility index (Phi) is 3.64. The van der Waals surface area contributed by atoms with Crippen molar-refractivity contribution in [2.45, 2.75) is 13.0 Å². The predicted molar refractivity (Wildman–Crippen MR) is 82.7 cm³/mol. The molecular formula is C16H17N5. The van der Waals surface area contributed by atoms with Gasteiger partial charge in [-0.05, 0) is 36.8 Å². The van der Waals surface area contributed by atoms with E-state index in [1.54, 1.807) is 6.33 Å². The highest BCUT2D eigenvalue weighted by molar-refractivity contribution is 5.62. The Labute approximate surface area is 123 Å². The van der Waals surface area contributed by atoms with E-state index in [1.165, 1.54) is 5.56 Å². The maximum Gasteiger partial charge on any atom is 0.163 e. The Bertz CT molecular complexity index is 720. The molecule has 2 aromatic heterocycles. The van der Waals surface area contributed by atoms with Crippen molar-refractivity contribution in [1.82, 2.24) is 19.7 Å². The highest BCUT2D eigenvalue weighted by Crippen LogP contribution is 2.23. The summed E-state index contributed by atoms with van der Waals surface area (Å²) in [5.41, 5.74) is 3.30. The monoisotopic (exact) mass is 279 g/mol. The van der Waals surface area contributed by atoms with Gasteiger partial charge in [0.05, 0.1) is 0 Å². The van der Waals surface area contributed by atoms with Crippen LogP contribution in [0.5, 0.6) is 0 Å². The third kappa shape index (κ3) is 2.91. The standard InChI is InChI=1S/C16H17N5/c1-12(13-6-8-17-9-7-13)19-15-5-3-4-14(10-15)16-20-18-11-21(16)2/h3-12,19H,1-2H3. The molecule has 5 nitrogen and oxygen atoms in total. The lowest BCUT2D eigenvalue weighted by Crippen LogP contribution is -2.06. The molecule has 0 aliphatic heterocycles. The molecule has 0 fully saturated rings. The molecule has 0 radical (unpaired) electrons. The summed E-state index contributed by atoms with van der Waals surface area (Å²) in [7, 11) is 1.94. The Hall–Kier alpha value is -2.69. The van der Waals surface area contributed by atoms with Crippen molar-refractivity contribution in [3.8, 4) is 11.4 Å². The second-order valence-corrected chi connectivity index (χ2v) is 4.99. The number of aromatic nitrogens is 4. The van der Waals surface area contributed by atoms with Crippen LogP contribution in [0.1, 0.15) is 18.5 Å². The van der Waals surface area contributed by atoms with Gasteiger partial charge in [-0.15, -0.1) is 10.2 Å². The van der Waals surface area contributed by atoms with E-state index in [-0.39, 0.29) is 6.04 Å². The molecule has 0 bridgehead atoms. The molecule has 0 aliphatic carbocycles. The Morgan fingerprint density at radius 2 is 1.95 bits per heavy atom. The zero-order chi connectivity index (χ0) is 14.7. The zero-order valence-corrected chi connectivity index (χ0v) is 12.1. The highest BCUT2D eigenvalue weighted by atomic mass is 15.2. The van der Waals surface area contributed by atoms with Crippen LogP contribution in [0.2, 0.25) is 0 Å². The molecule has 1 aromatic carbocycles. The number of hydrogen-bond donors (Lipinski definition) is 1. The van der Waals surface area contributed by atoms with Gasteiger partial charge in [0, 0.05) is 36.7 Å². The van der Waals surface area contributed by atoms with Crippen LogP contribution in [0.4, 0.5) is 5.69 Å². The fourth-order valence-electron chi connectivity index (χ4n) is 2.28. The summed E-state index contributed by atoms with van der Waals surface area (Å²) in [6.07, 6.45) is 5.32. The lowest BCUT2D eigenvalue weighted by molar-refractivity contribution is 0.880. The average Bonchev–Trinajstić information content (AvgIpc) is 2.94. The van der Waals surface area contributed by atoms with E-state index < -0.39 is 0 Å². The number of hydrogen-bond acceptors (Lipinski definition) is 4. The van der Waals surface area contributed by atoms with Crippen molar-refractivity contribution in [3.05, 3.63) is 60.7 Å². The van der Waals surface area contributed by atoms with E-state index in [9.17, 15) is 0 Å². The first-order valence-corrected chi connectivity index (χ1v) is 6.85. The molecule has 2 heterocycles. The van der Waals surface area contributed by atoms with Crippen molar-refractivity contribution < 1.29 is 0 Å². The molecule has 1 atom stereocenters. The van der Waals surface area contributed by atoms with E-state index >= 15 is 0 Å². The number of nitrogens with zero attached hydrogens (tertiary/aromatic N) is 4. The first-order valence-electron chi connectivity index (χ1n) is 6.85. The summed E-state index contributed by atoms with van der Waals surface area (Å²) in [6.45, 7) is 2.13. The third-order valence-corrected chi connectivity index (χ3v) is 3.42. The molecule has 106 valence electrons. The van der Waals surface area contributed by atoms with Crippen LogP contribution in [0, 0.1) is 0 Å². The van der Waals surface area contributed by atoms with Gasteiger partial charge in [-0.3, -0.25) is 4.98 Å². The topological polar surface area (TPSA) is 55.6 Å². The van der Waals surface area contributed by atoms with Crippen molar-refractivity contribution >= 4 is 5.69 Å². The molecule has 1 unspecified atom stereocenters. The van der Waals surface area contributed by atoms with Gasteiger partial charge in [0.25, 0.3) is 0 Å². The van der Waals surface area contributed by atoms with E-state index in [0.717, 1.165) is 17.1 Å². The molecule has 0 saturated carbocycles. The van der Waals surface area contributed by atoms with Crippen LogP contribution in [0.15, 0.2) is 55.1 Å². The number of benzene rings is 1. The van der Waals surface area contributed by atoms with Crippen molar-refractivity contribution in [3.63, 3.8) is 0 Å². The van der Waals surface area contributed by atoms with Crippen LogP contribution in [-0.2, 0) is 7.05 Å². The van der Waals surface area contributed by atoms with Gasteiger partial charge in [-0.25, -0.2) is 0 Å². The molecule has 0 saturated heterocycles. The number of nitrogens with one attached hydrogen (secondary N) is 1. The maximum absolute atomic E-state index is 4.14. The van der Waals surface area contributed by atoms with Gasteiger partial charge in [-0.2, -0.15) is 0 Å². The Morgan fingerprint density at radius 1 is 1.14 bits per heavy atom. The third-order valence-electron chi connectivity index (χ3n) is 3.42. The van der Waals surface area contributed by atoms with Gasteiger partial charge in [0.15, 0.2) is 5.82 Å². The first kappa shape index (κ1) is 13.3. The number of rotatable bonds is 4. The van der Waals surface area contributed by atoms with Crippen LogP contribution in [0.3, 0.4) is 0 Å². The first-order chi connectivity index (χ1) is 10.2. The predicted octanol–water partition coefficient (Wildman–Crippen LogP) is 3.05. The lowest BCUT2D eigenvalue weighted by Gasteiger charge is -2.16. The SMILES string of the molecule is CC(Nc1cccc(-c2nncn2C)c1)c1ccncc1. The summed E-state index contributed by atoms with van der Waals surface area (Å²) in [5.74, 6) is 0.857. The van der Waals surface area contributed by atoms with Crippen molar-refractivity contribution in [1.29, 1.82) is 0 Å². The fourth-order valence-corrected chi connectivity index (χ4v) is 2.28. The minimum absolute atomic E-state index is 0.211. The van der Waals surface area contributed by atoms with Crippen molar-refractivity contribution in [2.75, 3.05) is 5.32 Å². The molecule has 3 aromatic rings. The van der Waals surface area contributed by atoms with Gasteiger partial charge in [0.2, 0.25) is 0 Å². The Balaban J connectivity index is 1.82. The second-order valence-electron chi connectivity index (χ2n) is 4.99. The molecular weight excluding hydrogens is 262 g/mol. The highest BCUT2D eigenvalue weighted by Gasteiger charge is 2.08. The van der Waals surface area contributed by atoms with Crippen LogP contribution >= 0.6 is 0 Å². The molecule has 3 rings (SSSR count). The normalized spacial score (nSPS) is 12.1. The molecule has 0 aliphatic rings. The van der Waals surface area contributed by atoms with Crippen molar-refractivity contribution in [2.24, 2.45) is 7.05 Å². The van der Waals surface area contributed by atoms with Crippen LogP contribution < -0.4 is 5.32 Å². The lowest BCUT2D eigenvalue weighted by atomic mass is 10.1. The van der Waals surface area contributed by atoms with Crippen LogP contribution in [0.25, 0.3) is 11.4 Å². The smallest absolute Gasteiger partial charge is 0.163 e. The molecule has 1 N–H and O–H groups in total. The zero-order valence-electron chi connectivity index (χ0n) is 12.1. The average molecular weight is 279 g/mol. The van der Waals surface area contributed by atoms with E-state index in [4.69, 9.17) is 0 Å². The summed E-state index contributed by atoms with van der Waals surface area (Å²) in [5, 5.41) is 11.6. The maximum atomic E-state index is 4.14. The molecule has 0 spiro atoms. The van der Waals surface area contributed by atoms with Gasteiger partial charge in [0.1, 0.15) is 6.33 Å². The largest absolute Gasteiger partial charge is 0.379 e. The van der Waals surface area contributed by atoms with E-state index in [0.29, 0.717) is 0 Å². The summed E-state index contributed by atoms with van der Waals surface area (Å²) in [4.78, 5) is 4.05. The summed E-state index contributed by atoms with van der Waals surface area (Å²) in [6, 6.07) is 12.4.